The Morgan fingerprint density at radius 2 is 2.05 bits per heavy atom. The highest BCUT2D eigenvalue weighted by Crippen LogP contribution is 2.24. The standard InChI is InChI=1S/C16H26N2O3/c1-5-6-21-14-9-12(17)8-13(10-14)18-15(7-11(2)3)16(19)20-4/h8-11,15,18H,5-7,17H2,1-4H3. The number of anilines is 2. The molecule has 0 aliphatic rings. The first kappa shape index (κ1) is 17.1. The molecule has 0 saturated carbocycles. The summed E-state index contributed by atoms with van der Waals surface area (Å²) in [4.78, 5) is 11.8. The summed E-state index contributed by atoms with van der Waals surface area (Å²) in [7, 11) is 1.40. The van der Waals surface area contributed by atoms with Crippen molar-refractivity contribution in [2.24, 2.45) is 5.92 Å². The number of carbonyl (C=O) groups is 1. The Balaban J connectivity index is 2.86. The van der Waals surface area contributed by atoms with Crippen LogP contribution >= 0.6 is 0 Å². The van der Waals surface area contributed by atoms with E-state index in [1.54, 1.807) is 12.1 Å². The van der Waals surface area contributed by atoms with Gasteiger partial charge in [0.15, 0.2) is 0 Å². The fourth-order valence-corrected chi connectivity index (χ4v) is 2.04. The van der Waals surface area contributed by atoms with Crippen LogP contribution in [-0.4, -0.2) is 25.7 Å². The number of hydrogen-bond donors (Lipinski definition) is 2. The lowest BCUT2D eigenvalue weighted by atomic mass is 10.0. The van der Waals surface area contributed by atoms with E-state index in [0.29, 0.717) is 30.4 Å². The Kier molecular flexibility index (Phi) is 6.85. The fourth-order valence-electron chi connectivity index (χ4n) is 2.04. The van der Waals surface area contributed by atoms with Gasteiger partial charge in [-0.1, -0.05) is 20.8 Å². The Hall–Kier alpha value is -1.91. The number of nitrogens with two attached hydrogens (primary N) is 1. The fraction of sp³-hybridized carbons (Fsp3) is 0.562. The lowest BCUT2D eigenvalue weighted by Crippen LogP contribution is -2.32. The van der Waals surface area contributed by atoms with Gasteiger partial charge in [0, 0.05) is 23.5 Å². The largest absolute Gasteiger partial charge is 0.493 e. The van der Waals surface area contributed by atoms with Gasteiger partial charge in [0.2, 0.25) is 0 Å². The minimum Gasteiger partial charge on any atom is -0.493 e. The summed E-state index contributed by atoms with van der Waals surface area (Å²) in [5, 5.41) is 3.18. The molecule has 0 aliphatic heterocycles. The SMILES string of the molecule is CCCOc1cc(N)cc(NC(CC(C)C)C(=O)OC)c1. The lowest BCUT2D eigenvalue weighted by Gasteiger charge is -2.20. The van der Waals surface area contributed by atoms with Gasteiger partial charge < -0.3 is 20.5 Å². The first-order valence-electron chi connectivity index (χ1n) is 7.34. The van der Waals surface area contributed by atoms with Crippen LogP contribution in [0.15, 0.2) is 18.2 Å². The van der Waals surface area contributed by atoms with Gasteiger partial charge in [0.05, 0.1) is 13.7 Å². The third kappa shape index (κ3) is 5.94. The molecule has 5 heteroatoms. The van der Waals surface area contributed by atoms with Crippen LogP contribution in [0.3, 0.4) is 0 Å². The molecule has 0 aromatic heterocycles. The maximum absolute atomic E-state index is 11.8. The lowest BCUT2D eigenvalue weighted by molar-refractivity contribution is -0.141. The maximum Gasteiger partial charge on any atom is 0.328 e. The number of ether oxygens (including phenoxy) is 2. The summed E-state index contributed by atoms with van der Waals surface area (Å²) in [5.41, 5.74) is 7.24. The summed E-state index contributed by atoms with van der Waals surface area (Å²) in [6.07, 6.45) is 1.61. The Morgan fingerprint density at radius 3 is 2.62 bits per heavy atom. The average molecular weight is 294 g/mol. The molecule has 0 bridgehead atoms. The minimum absolute atomic E-state index is 0.276. The van der Waals surface area contributed by atoms with Crippen LogP contribution in [0.5, 0.6) is 5.75 Å². The van der Waals surface area contributed by atoms with E-state index >= 15 is 0 Å². The molecule has 5 nitrogen and oxygen atoms in total. The number of esters is 1. The van der Waals surface area contributed by atoms with E-state index in [1.165, 1.54) is 7.11 Å². The van der Waals surface area contributed by atoms with Gasteiger partial charge >= 0.3 is 5.97 Å². The second kappa shape index (κ2) is 8.39. The summed E-state index contributed by atoms with van der Waals surface area (Å²) in [6, 6.07) is 5.02. The average Bonchev–Trinajstić information content (AvgIpc) is 2.42. The maximum atomic E-state index is 11.8. The molecule has 21 heavy (non-hydrogen) atoms. The van der Waals surface area contributed by atoms with Gasteiger partial charge in [-0.05, 0) is 24.8 Å². The van der Waals surface area contributed by atoms with Crippen molar-refractivity contribution < 1.29 is 14.3 Å². The van der Waals surface area contributed by atoms with Crippen molar-refractivity contribution in [2.75, 3.05) is 24.8 Å². The molecule has 1 aromatic rings. The van der Waals surface area contributed by atoms with Crippen molar-refractivity contribution in [1.82, 2.24) is 0 Å². The third-order valence-corrected chi connectivity index (χ3v) is 2.94. The number of methoxy groups -OCH3 is 1. The molecule has 0 radical (unpaired) electrons. The van der Waals surface area contributed by atoms with Crippen LogP contribution in [0.1, 0.15) is 33.6 Å². The number of carbonyl (C=O) groups excluding carboxylic acids is 1. The Morgan fingerprint density at radius 1 is 1.33 bits per heavy atom. The second-order valence-electron chi connectivity index (χ2n) is 5.49. The van der Waals surface area contributed by atoms with Crippen LogP contribution in [0.25, 0.3) is 0 Å². The smallest absolute Gasteiger partial charge is 0.328 e. The summed E-state index contributed by atoms with van der Waals surface area (Å²) in [5.74, 6) is 0.799. The first-order valence-corrected chi connectivity index (χ1v) is 7.34. The Labute approximate surface area is 126 Å². The quantitative estimate of drug-likeness (QED) is 0.569. The Bertz CT molecular complexity index is 461. The van der Waals surface area contributed by atoms with Crippen LogP contribution in [0.4, 0.5) is 11.4 Å². The molecule has 0 amide bonds. The molecule has 1 rings (SSSR count). The highest BCUT2D eigenvalue weighted by molar-refractivity contribution is 5.79. The van der Waals surface area contributed by atoms with E-state index in [0.717, 1.165) is 12.1 Å². The molecule has 0 spiro atoms. The van der Waals surface area contributed by atoms with E-state index in [4.69, 9.17) is 15.2 Å². The van der Waals surface area contributed by atoms with Crippen LogP contribution in [0, 0.1) is 5.92 Å². The van der Waals surface area contributed by atoms with Gasteiger partial charge in [0.25, 0.3) is 0 Å². The molecule has 0 aliphatic carbocycles. The van der Waals surface area contributed by atoms with Crippen LogP contribution < -0.4 is 15.8 Å². The molecule has 0 saturated heterocycles. The van der Waals surface area contributed by atoms with Crippen molar-refractivity contribution in [3.63, 3.8) is 0 Å². The van der Waals surface area contributed by atoms with Crippen LogP contribution in [-0.2, 0) is 9.53 Å². The predicted molar refractivity (Wildman–Crippen MR) is 85.5 cm³/mol. The second-order valence-corrected chi connectivity index (χ2v) is 5.49. The van der Waals surface area contributed by atoms with E-state index < -0.39 is 6.04 Å². The molecule has 0 heterocycles. The van der Waals surface area contributed by atoms with Crippen molar-refractivity contribution >= 4 is 17.3 Å². The summed E-state index contributed by atoms with van der Waals surface area (Å²) in [6.45, 7) is 6.80. The van der Waals surface area contributed by atoms with E-state index in [-0.39, 0.29) is 5.97 Å². The number of nitrogen functional groups attached to an aromatic ring is 1. The highest BCUT2D eigenvalue weighted by atomic mass is 16.5. The summed E-state index contributed by atoms with van der Waals surface area (Å²) < 4.78 is 10.4. The molecule has 1 aromatic carbocycles. The molecular formula is C16H26N2O3. The normalized spacial score (nSPS) is 12.0. The van der Waals surface area contributed by atoms with Crippen molar-refractivity contribution in [3.05, 3.63) is 18.2 Å². The zero-order chi connectivity index (χ0) is 15.8. The van der Waals surface area contributed by atoms with Gasteiger partial charge in [-0.3, -0.25) is 0 Å². The topological polar surface area (TPSA) is 73.6 Å². The van der Waals surface area contributed by atoms with E-state index in [9.17, 15) is 4.79 Å². The van der Waals surface area contributed by atoms with E-state index in [1.807, 2.05) is 13.0 Å². The third-order valence-electron chi connectivity index (χ3n) is 2.94. The number of benzene rings is 1. The molecular weight excluding hydrogens is 268 g/mol. The predicted octanol–water partition coefficient (Wildman–Crippen LogP) is 3.06. The number of nitrogens with one attached hydrogen (secondary N) is 1. The highest BCUT2D eigenvalue weighted by Gasteiger charge is 2.20. The van der Waals surface area contributed by atoms with Gasteiger partial charge in [-0.2, -0.15) is 0 Å². The molecule has 118 valence electrons. The number of hydrogen-bond acceptors (Lipinski definition) is 5. The van der Waals surface area contributed by atoms with Crippen molar-refractivity contribution in [1.29, 1.82) is 0 Å². The molecule has 1 atom stereocenters. The zero-order valence-corrected chi connectivity index (χ0v) is 13.3. The van der Waals surface area contributed by atoms with Crippen molar-refractivity contribution in [2.45, 2.75) is 39.7 Å². The van der Waals surface area contributed by atoms with Crippen molar-refractivity contribution in [3.8, 4) is 5.75 Å². The summed E-state index contributed by atoms with van der Waals surface area (Å²) >= 11 is 0. The first-order chi connectivity index (χ1) is 9.96. The zero-order valence-electron chi connectivity index (χ0n) is 13.3. The number of rotatable bonds is 8. The van der Waals surface area contributed by atoms with Gasteiger partial charge in [0.1, 0.15) is 11.8 Å². The van der Waals surface area contributed by atoms with Gasteiger partial charge in [-0.25, -0.2) is 4.79 Å². The van der Waals surface area contributed by atoms with Gasteiger partial charge in [-0.15, -0.1) is 0 Å². The molecule has 0 fully saturated rings. The monoisotopic (exact) mass is 294 g/mol. The van der Waals surface area contributed by atoms with Crippen LogP contribution in [0.2, 0.25) is 0 Å². The minimum atomic E-state index is -0.393. The van der Waals surface area contributed by atoms with E-state index in [2.05, 4.69) is 19.2 Å². The molecule has 3 N–H and O–H groups in total. The molecule has 1 unspecified atom stereocenters.